The van der Waals surface area contributed by atoms with E-state index in [1.807, 2.05) is 0 Å². The molecule has 0 aliphatic heterocycles. The summed E-state index contributed by atoms with van der Waals surface area (Å²) < 4.78 is 30.1. The van der Waals surface area contributed by atoms with Gasteiger partial charge in [-0.05, 0) is 19.3 Å². The maximum atomic E-state index is 11.4. The van der Waals surface area contributed by atoms with Gasteiger partial charge in [0.25, 0.3) is 10.1 Å². The Kier molecular flexibility index (Phi) is 15.2. The van der Waals surface area contributed by atoms with Gasteiger partial charge in [-0.2, -0.15) is 8.42 Å². The van der Waals surface area contributed by atoms with Crippen LogP contribution < -0.4 is 5.73 Å². The largest absolute Gasteiger partial charge is 0.369 e. The zero-order valence-electron chi connectivity index (χ0n) is 16.0. The van der Waals surface area contributed by atoms with Crippen LogP contribution in [-0.4, -0.2) is 24.6 Å². The first kappa shape index (κ1) is 24.4. The zero-order valence-corrected chi connectivity index (χ0v) is 16.9. The molecule has 5 nitrogen and oxygen atoms in total. The highest BCUT2D eigenvalue weighted by molar-refractivity contribution is 7.85. The van der Waals surface area contributed by atoms with Gasteiger partial charge in [0.2, 0.25) is 5.91 Å². The summed E-state index contributed by atoms with van der Waals surface area (Å²) in [6, 6.07) is 0. The molecule has 0 saturated carbocycles. The number of amides is 1. The van der Waals surface area contributed by atoms with Gasteiger partial charge in [-0.15, -0.1) is 0 Å². The smallest absolute Gasteiger partial charge is 0.264 e. The number of nitrogens with two attached hydrogens (primary N) is 1. The minimum Gasteiger partial charge on any atom is -0.369 e. The molecule has 1 amide bonds. The van der Waals surface area contributed by atoms with E-state index in [4.69, 9.17) is 10.3 Å². The van der Waals surface area contributed by atoms with E-state index < -0.39 is 10.1 Å². The van der Waals surface area contributed by atoms with Crippen LogP contribution in [0.25, 0.3) is 0 Å². The first-order chi connectivity index (χ1) is 11.9. The lowest BCUT2D eigenvalue weighted by Gasteiger charge is -2.12. The van der Waals surface area contributed by atoms with Crippen LogP contribution in [0.5, 0.6) is 0 Å². The van der Waals surface area contributed by atoms with Crippen molar-refractivity contribution in [3.8, 4) is 0 Å². The number of primary amides is 1. The molecule has 6 heteroatoms. The van der Waals surface area contributed by atoms with Crippen LogP contribution in [0.1, 0.15) is 103 Å². The molecule has 0 saturated heterocycles. The Hall–Kier alpha value is -0.620. The third-order valence-corrected chi connectivity index (χ3v) is 5.57. The third kappa shape index (κ3) is 18.0. The van der Waals surface area contributed by atoms with E-state index in [9.17, 15) is 13.2 Å². The molecule has 1 unspecified atom stereocenters. The van der Waals surface area contributed by atoms with Crippen molar-refractivity contribution in [1.82, 2.24) is 0 Å². The second kappa shape index (κ2) is 15.6. The number of unbranched alkanes of at least 4 members (excludes halogenated alkanes) is 11. The fourth-order valence-corrected chi connectivity index (χ4v) is 3.70. The van der Waals surface area contributed by atoms with Crippen molar-refractivity contribution < 1.29 is 17.8 Å². The maximum absolute atomic E-state index is 11.4. The maximum Gasteiger partial charge on any atom is 0.264 e. The molecular formula is C19H39NO4S. The van der Waals surface area contributed by atoms with Gasteiger partial charge in [0.15, 0.2) is 0 Å². The average Bonchev–Trinajstić information content (AvgIpc) is 2.52. The van der Waals surface area contributed by atoms with E-state index >= 15 is 0 Å². The summed E-state index contributed by atoms with van der Waals surface area (Å²) in [4.78, 5) is 11.4. The Labute approximate surface area is 154 Å². The van der Waals surface area contributed by atoms with E-state index in [1.165, 1.54) is 64.2 Å². The minimum atomic E-state index is -3.94. The monoisotopic (exact) mass is 377 g/mol. The van der Waals surface area contributed by atoms with Crippen LogP contribution in [0.3, 0.4) is 0 Å². The van der Waals surface area contributed by atoms with Crippen LogP contribution >= 0.6 is 0 Å². The van der Waals surface area contributed by atoms with Crippen LogP contribution in [0.2, 0.25) is 0 Å². The number of carbonyl (C=O) groups excluding carboxylic acids is 1. The van der Waals surface area contributed by atoms with Gasteiger partial charge in [-0.25, -0.2) is 0 Å². The van der Waals surface area contributed by atoms with Crippen molar-refractivity contribution in [2.75, 3.05) is 5.75 Å². The zero-order chi connectivity index (χ0) is 19.0. The second-order valence-corrected chi connectivity index (χ2v) is 8.78. The molecule has 0 rings (SSSR count). The number of rotatable bonds is 18. The van der Waals surface area contributed by atoms with Gasteiger partial charge in [0, 0.05) is 5.92 Å². The Morgan fingerprint density at radius 2 is 1.20 bits per heavy atom. The molecule has 25 heavy (non-hydrogen) atoms. The predicted octanol–water partition coefficient (Wildman–Crippen LogP) is 4.85. The van der Waals surface area contributed by atoms with Crippen molar-refractivity contribution in [2.24, 2.45) is 11.7 Å². The van der Waals surface area contributed by atoms with Gasteiger partial charge in [0.05, 0.1) is 5.75 Å². The van der Waals surface area contributed by atoms with Gasteiger partial charge in [0.1, 0.15) is 0 Å². The summed E-state index contributed by atoms with van der Waals surface area (Å²) in [6.45, 7) is 2.24. The summed E-state index contributed by atoms with van der Waals surface area (Å²) in [5.41, 5.74) is 5.37. The number of carbonyl (C=O) groups is 1. The lowest BCUT2D eigenvalue weighted by atomic mass is 9.95. The molecule has 150 valence electrons. The molecular weight excluding hydrogens is 338 g/mol. The van der Waals surface area contributed by atoms with E-state index in [1.54, 1.807) is 0 Å². The normalized spacial score (nSPS) is 13.0. The Morgan fingerprint density at radius 1 is 0.800 bits per heavy atom. The van der Waals surface area contributed by atoms with Gasteiger partial charge < -0.3 is 5.73 Å². The molecule has 0 aromatic carbocycles. The summed E-state index contributed by atoms with van der Waals surface area (Å²) in [5.74, 6) is -0.932. The SMILES string of the molecule is CCCCCCCCCCCCCCC(CCCS(=O)(=O)O)C(N)=O. The first-order valence-corrected chi connectivity index (χ1v) is 11.7. The average molecular weight is 378 g/mol. The Morgan fingerprint density at radius 3 is 1.60 bits per heavy atom. The van der Waals surface area contributed by atoms with Crippen LogP contribution in [0, 0.1) is 5.92 Å². The van der Waals surface area contributed by atoms with Crippen LogP contribution in [0.15, 0.2) is 0 Å². The molecule has 0 fully saturated rings. The molecule has 0 aromatic heterocycles. The minimum absolute atomic E-state index is 0.273. The van der Waals surface area contributed by atoms with Gasteiger partial charge in [-0.3, -0.25) is 9.35 Å². The summed E-state index contributed by atoms with van der Waals surface area (Å²) in [7, 11) is -3.94. The van der Waals surface area contributed by atoms with Crippen molar-refractivity contribution >= 4 is 16.0 Å². The standard InChI is InChI=1S/C19H39NO4S/c1-2-3-4-5-6-7-8-9-10-11-12-13-15-18(19(20)21)16-14-17-25(22,23)24/h18H,2-17H2,1H3,(H2,20,21)(H,22,23,24). The molecule has 0 heterocycles. The van der Waals surface area contributed by atoms with E-state index in [2.05, 4.69) is 6.92 Å². The van der Waals surface area contributed by atoms with Gasteiger partial charge in [-0.1, -0.05) is 84.0 Å². The number of hydrogen-bond donors (Lipinski definition) is 2. The second-order valence-electron chi connectivity index (χ2n) is 7.21. The lowest BCUT2D eigenvalue weighted by molar-refractivity contribution is -0.122. The molecule has 0 aliphatic rings. The highest BCUT2D eigenvalue weighted by Gasteiger charge is 2.16. The molecule has 0 aromatic rings. The Balaban J connectivity index is 3.52. The fourth-order valence-electron chi connectivity index (χ4n) is 3.17. The van der Waals surface area contributed by atoms with Crippen LogP contribution in [-0.2, 0) is 14.9 Å². The van der Waals surface area contributed by atoms with Crippen molar-refractivity contribution in [3.05, 3.63) is 0 Å². The van der Waals surface area contributed by atoms with Crippen molar-refractivity contribution in [3.63, 3.8) is 0 Å². The number of hydrogen-bond acceptors (Lipinski definition) is 3. The van der Waals surface area contributed by atoms with Crippen molar-refractivity contribution in [2.45, 2.75) is 103 Å². The molecule has 3 N–H and O–H groups in total. The molecule has 0 aliphatic carbocycles. The van der Waals surface area contributed by atoms with Crippen LogP contribution in [0.4, 0.5) is 0 Å². The summed E-state index contributed by atoms with van der Waals surface area (Å²) in [6.07, 6.45) is 16.7. The first-order valence-electron chi connectivity index (χ1n) is 10.1. The highest BCUT2D eigenvalue weighted by Crippen LogP contribution is 2.18. The molecule has 0 spiro atoms. The Bertz CT molecular complexity index is 423. The predicted molar refractivity (Wildman–Crippen MR) is 104 cm³/mol. The topological polar surface area (TPSA) is 97.5 Å². The van der Waals surface area contributed by atoms with E-state index in [0.717, 1.165) is 19.3 Å². The lowest BCUT2D eigenvalue weighted by Crippen LogP contribution is -2.24. The van der Waals surface area contributed by atoms with Crippen molar-refractivity contribution in [1.29, 1.82) is 0 Å². The van der Waals surface area contributed by atoms with E-state index in [-0.39, 0.29) is 24.0 Å². The molecule has 0 radical (unpaired) electrons. The fraction of sp³-hybridized carbons (Fsp3) is 0.947. The third-order valence-electron chi connectivity index (χ3n) is 4.76. The van der Waals surface area contributed by atoms with E-state index in [0.29, 0.717) is 6.42 Å². The molecule has 1 atom stereocenters. The summed E-state index contributed by atoms with van der Waals surface area (Å²) >= 11 is 0. The highest BCUT2D eigenvalue weighted by atomic mass is 32.2. The summed E-state index contributed by atoms with van der Waals surface area (Å²) in [5, 5.41) is 0. The van der Waals surface area contributed by atoms with Gasteiger partial charge >= 0.3 is 0 Å². The quantitative estimate of drug-likeness (QED) is 0.263. The molecule has 0 bridgehead atoms.